The lowest BCUT2D eigenvalue weighted by molar-refractivity contribution is 0.100. The molecule has 0 radical (unpaired) electrons. The Morgan fingerprint density at radius 3 is 2.67 bits per heavy atom. The second-order valence-corrected chi connectivity index (χ2v) is 4.71. The number of rotatable bonds is 4. The normalized spacial score (nSPS) is 10.3. The van der Waals surface area contributed by atoms with Gasteiger partial charge in [-0.25, -0.2) is 0 Å². The number of hydrogen-bond acceptors (Lipinski definition) is 5. The zero-order valence-corrected chi connectivity index (χ0v) is 10.8. The van der Waals surface area contributed by atoms with Crippen molar-refractivity contribution in [3.05, 3.63) is 41.5 Å². The first-order valence-corrected chi connectivity index (χ1v) is 6.17. The molecule has 1 heterocycles. The molecular formula is C12H14N4OS. The lowest BCUT2D eigenvalue weighted by Gasteiger charge is -2.17. The number of nitrogens with two attached hydrogens (primary N) is 2. The monoisotopic (exact) mass is 262 g/mol. The Kier molecular flexibility index (Phi) is 3.47. The van der Waals surface area contributed by atoms with Crippen LogP contribution in [0.4, 0.5) is 10.8 Å². The molecule has 0 saturated heterocycles. The van der Waals surface area contributed by atoms with Crippen LogP contribution in [0.15, 0.2) is 30.3 Å². The molecule has 0 aliphatic rings. The minimum atomic E-state index is -0.545. The number of hydrogen-bond donors (Lipinski definition) is 2. The molecule has 1 amide bonds. The molecule has 0 bridgehead atoms. The standard InChI is InChI=1S/C12H14N4OS/c1-16(7-8-5-3-2-4-6-8)12-9(11(14)17)10(13)15-18-12/h2-6H,7H2,1H3,(H2,13,15)(H2,14,17). The van der Waals surface area contributed by atoms with Crippen molar-refractivity contribution in [2.45, 2.75) is 6.54 Å². The molecule has 0 fully saturated rings. The van der Waals surface area contributed by atoms with Gasteiger partial charge in [0.15, 0.2) is 5.82 Å². The Morgan fingerprint density at radius 1 is 1.39 bits per heavy atom. The van der Waals surface area contributed by atoms with Gasteiger partial charge in [0.05, 0.1) is 0 Å². The lowest BCUT2D eigenvalue weighted by Crippen LogP contribution is -2.21. The van der Waals surface area contributed by atoms with Crippen molar-refractivity contribution in [1.29, 1.82) is 0 Å². The number of nitrogen functional groups attached to an aromatic ring is 1. The van der Waals surface area contributed by atoms with Crippen LogP contribution in [-0.2, 0) is 6.54 Å². The molecule has 1 aromatic carbocycles. The summed E-state index contributed by atoms with van der Waals surface area (Å²) >= 11 is 1.18. The molecule has 4 N–H and O–H groups in total. The summed E-state index contributed by atoms with van der Waals surface area (Å²) in [7, 11) is 1.88. The topological polar surface area (TPSA) is 85.2 Å². The molecule has 0 aliphatic carbocycles. The summed E-state index contributed by atoms with van der Waals surface area (Å²) in [4.78, 5) is 13.3. The highest BCUT2D eigenvalue weighted by Gasteiger charge is 2.19. The van der Waals surface area contributed by atoms with E-state index < -0.39 is 5.91 Å². The predicted octanol–water partition coefficient (Wildman–Crippen LogP) is 1.46. The lowest BCUT2D eigenvalue weighted by atomic mass is 10.2. The molecule has 0 unspecified atom stereocenters. The van der Waals surface area contributed by atoms with E-state index in [0.717, 1.165) is 5.56 Å². The number of carbonyl (C=O) groups excluding carboxylic acids is 1. The second kappa shape index (κ2) is 5.05. The molecule has 1 aromatic heterocycles. The first kappa shape index (κ1) is 12.4. The largest absolute Gasteiger partial charge is 0.382 e. The highest BCUT2D eigenvalue weighted by Crippen LogP contribution is 2.30. The van der Waals surface area contributed by atoms with Gasteiger partial charge in [0.1, 0.15) is 10.6 Å². The fourth-order valence-corrected chi connectivity index (χ4v) is 2.49. The third-order valence-electron chi connectivity index (χ3n) is 2.56. The van der Waals surface area contributed by atoms with Crippen LogP contribution < -0.4 is 16.4 Å². The van der Waals surface area contributed by atoms with E-state index in [9.17, 15) is 4.79 Å². The van der Waals surface area contributed by atoms with Crippen molar-refractivity contribution in [1.82, 2.24) is 4.37 Å². The highest BCUT2D eigenvalue weighted by atomic mass is 32.1. The van der Waals surface area contributed by atoms with Crippen LogP contribution in [0, 0.1) is 0 Å². The van der Waals surface area contributed by atoms with Crippen molar-refractivity contribution < 1.29 is 4.79 Å². The average Bonchev–Trinajstić information content (AvgIpc) is 2.72. The minimum absolute atomic E-state index is 0.197. The summed E-state index contributed by atoms with van der Waals surface area (Å²) in [5.41, 5.74) is 12.4. The summed E-state index contributed by atoms with van der Waals surface area (Å²) in [6, 6.07) is 9.94. The van der Waals surface area contributed by atoms with Gasteiger partial charge >= 0.3 is 0 Å². The predicted molar refractivity (Wildman–Crippen MR) is 73.6 cm³/mol. The Hall–Kier alpha value is -2.08. The molecule has 94 valence electrons. The van der Waals surface area contributed by atoms with Crippen molar-refractivity contribution in [2.24, 2.45) is 5.73 Å². The molecule has 0 spiro atoms. The Morgan fingerprint density at radius 2 is 2.06 bits per heavy atom. The average molecular weight is 262 g/mol. The van der Waals surface area contributed by atoms with Crippen molar-refractivity contribution >= 4 is 28.3 Å². The van der Waals surface area contributed by atoms with Gasteiger partial charge in [-0.2, -0.15) is 4.37 Å². The molecule has 0 aliphatic heterocycles. The van der Waals surface area contributed by atoms with E-state index >= 15 is 0 Å². The van der Waals surface area contributed by atoms with E-state index in [-0.39, 0.29) is 5.82 Å². The van der Waals surface area contributed by atoms with E-state index in [0.29, 0.717) is 17.1 Å². The van der Waals surface area contributed by atoms with E-state index in [1.807, 2.05) is 42.3 Å². The molecule has 0 atom stereocenters. The van der Waals surface area contributed by atoms with Crippen LogP contribution >= 0.6 is 11.5 Å². The number of nitrogens with zero attached hydrogens (tertiary/aromatic N) is 2. The number of benzene rings is 1. The molecule has 5 nitrogen and oxygen atoms in total. The van der Waals surface area contributed by atoms with Gasteiger partial charge in [-0.15, -0.1) is 0 Å². The summed E-state index contributed by atoms with van der Waals surface area (Å²) in [5.74, 6) is -0.349. The van der Waals surface area contributed by atoms with Gasteiger partial charge in [0.25, 0.3) is 5.91 Å². The number of aromatic nitrogens is 1. The van der Waals surface area contributed by atoms with Crippen molar-refractivity contribution in [3.63, 3.8) is 0 Å². The number of carbonyl (C=O) groups is 1. The van der Waals surface area contributed by atoms with E-state index in [1.165, 1.54) is 11.5 Å². The second-order valence-electron chi connectivity index (χ2n) is 3.95. The Balaban J connectivity index is 2.24. The number of anilines is 2. The fraction of sp³-hybridized carbons (Fsp3) is 0.167. The Labute approximate surface area is 109 Å². The third kappa shape index (κ3) is 2.43. The highest BCUT2D eigenvalue weighted by molar-refractivity contribution is 7.11. The zero-order chi connectivity index (χ0) is 13.1. The minimum Gasteiger partial charge on any atom is -0.382 e. The zero-order valence-electron chi connectivity index (χ0n) is 9.96. The number of amides is 1. The van der Waals surface area contributed by atoms with E-state index in [2.05, 4.69) is 4.37 Å². The van der Waals surface area contributed by atoms with Crippen LogP contribution in [-0.4, -0.2) is 17.3 Å². The summed E-state index contributed by atoms with van der Waals surface area (Å²) < 4.78 is 3.98. The first-order chi connectivity index (χ1) is 8.59. The van der Waals surface area contributed by atoms with Gasteiger partial charge in [-0.3, -0.25) is 4.79 Å². The number of primary amides is 1. The maximum absolute atomic E-state index is 11.3. The maximum Gasteiger partial charge on any atom is 0.255 e. The van der Waals surface area contributed by atoms with Gasteiger partial charge in [-0.1, -0.05) is 30.3 Å². The fourth-order valence-electron chi connectivity index (χ4n) is 1.71. The third-order valence-corrected chi connectivity index (χ3v) is 3.53. The van der Waals surface area contributed by atoms with Crippen LogP contribution in [0.3, 0.4) is 0 Å². The SMILES string of the molecule is CN(Cc1ccccc1)c1snc(N)c1C(N)=O. The summed E-state index contributed by atoms with van der Waals surface area (Å²) in [5, 5.41) is 0.698. The van der Waals surface area contributed by atoms with Crippen LogP contribution in [0.2, 0.25) is 0 Å². The molecule has 2 rings (SSSR count). The quantitative estimate of drug-likeness (QED) is 0.873. The maximum atomic E-state index is 11.3. The van der Waals surface area contributed by atoms with E-state index in [1.54, 1.807) is 0 Å². The smallest absolute Gasteiger partial charge is 0.255 e. The molecule has 18 heavy (non-hydrogen) atoms. The summed E-state index contributed by atoms with van der Waals surface area (Å²) in [6.07, 6.45) is 0. The first-order valence-electron chi connectivity index (χ1n) is 5.39. The van der Waals surface area contributed by atoms with Gasteiger partial charge < -0.3 is 16.4 Å². The van der Waals surface area contributed by atoms with Gasteiger partial charge in [0.2, 0.25) is 0 Å². The van der Waals surface area contributed by atoms with Crippen LogP contribution in [0.1, 0.15) is 15.9 Å². The Bertz CT molecular complexity index is 552. The van der Waals surface area contributed by atoms with Gasteiger partial charge in [-0.05, 0) is 17.1 Å². The molecule has 6 heteroatoms. The van der Waals surface area contributed by atoms with Crippen LogP contribution in [0.25, 0.3) is 0 Å². The van der Waals surface area contributed by atoms with Crippen molar-refractivity contribution in [2.75, 3.05) is 17.7 Å². The van der Waals surface area contributed by atoms with Crippen molar-refractivity contribution in [3.8, 4) is 0 Å². The summed E-state index contributed by atoms with van der Waals surface area (Å²) in [6.45, 7) is 0.669. The van der Waals surface area contributed by atoms with Gasteiger partial charge in [0, 0.05) is 13.6 Å². The molecule has 2 aromatic rings. The van der Waals surface area contributed by atoms with Crippen LogP contribution in [0.5, 0.6) is 0 Å². The molecule has 0 saturated carbocycles. The molecular weight excluding hydrogens is 248 g/mol. The van der Waals surface area contributed by atoms with E-state index in [4.69, 9.17) is 11.5 Å².